The van der Waals surface area contributed by atoms with Crippen LogP contribution in [0.1, 0.15) is 80.9 Å². The fourth-order valence-corrected chi connectivity index (χ4v) is 11.0. The van der Waals surface area contributed by atoms with Crippen LogP contribution >= 0.6 is 23.2 Å². The zero-order valence-electron chi connectivity index (χ0n) is 28.7. The summed E-state index contributed by atoms with van der Waals surface area (Å²) in [7, 11) is -3.87. The Labute approximate surface area is 306 Å². The van der Waals surface area contributed by atoms with Crippen molar-refractivity contribution in [1.29, 1.82) is 0 Å². The molecular weight excluding hydrogens is 689 g/mol. The number of anilines is 1. The van der Waals surface area contributed by atoms with Crippen LogP contribution in [0.4, 0.5) is 5.69 Å². The van der Waals surface area contributed by atoms with Crippen molar-refractivity contribution in [2.24, 2.45) is 17.8 Å². The molecule has 0 aromatic heterocycles. The number of nitrogens with zero attached hydrogens (tertiary/aromatic N) is 2. The van der Waals surface area contributed by atoms with E-state index < -0.39 is 28.5 Å². The maximum Gasteiger partial charge on any atom is 0.244 e. The maximum absolute atomic E-state index is 14.6. The average Bonchev–Trinajstić information content (AvgIpc) is 3.59. The SMILES string of the molecule is CS(=O)(=O)N(CC(=O)N(Cc1ccc(Cl)c(Cl)c1)[C@H](Cc1ccccc1)C(=O)NC1CCCC1)c1ccc(C23CC4CC(CC(C4)C2)C3)cc1. The molecule has 2 amide bonds. The van der Waals surface area contributed by atoms with Crippen LogP contribution < -0.4 is 9.62 Å². The van der Waals surface area contributed by atoms with E-state index >= 15 is 0 Å². The molecule has 1 atom stereocenters. The van der Waals surface area contributed by atoms with Gasteiger partial charge in [-0.25, -0.2) is 8.42 Å². The van der Waals surface area contributed by atoms with Gasteiger partial charge in [0.2, 0.25) is 21.8 Å². The van der Waals surface area contributed by atoms with Crippen LogP contribution in [0, 0.1) is 17.8 Å². The van der Waals surface area contributed by atoms with Gasteiger partial charge in [0.05, 0.1) is 22.0 Å². The Kier molecular flexibility index (Phi) is 10.3. The number of halogens is 2. The first-order valence-corrected chi connectivity index (χ1v) is 20.7. The third-order valence-corrected chi connectivity index (χ3v) is 13.7. The number of nitrogens with one attached hydrogen (secondary N) is 1. The van der Waals surface area contributed by atoms with Crippen molar-refractivity contribution in [3.8, 4) is 0 Å². The van der Waals surface area contributed by atoms with E-state index in [1.54, 1.807) is 18.2 Å². The van der Waals surface area contributed by atoms with Crippen LogP contribution in [0.2, 0.25) is 10.0 Å². The number of carbonyl (C=O) groups is 2. The molecule has 0 heterocycles. The molecule has 0 aliphatic heterocycles. The Morgan fingerprint density at radius 2 is 1.46 bits per heavy atom. The number of amides is 2. The summed E-state index contributed by atoms with van der Waals surface area (Å²) in [6.45, 7) is -0.396. The molecule has 5 aliphatic rings. The van der Waals surface area contributed by atoms with Gasteiger partial charge >= 0.3 is 0 Å². The quantitative estimate of drug-likeness (QED) is 0.205. The number of benzene rings is 3. The second-order valence-corrected chi connectivity index (χ2v) is 18.2. The molecular formula is C40H47Cl2N3O4S. The highest BCUT2D eigenvalue weighted by atomic mass is 35.5. The van der Waals surface area contributed by atoms with Gasteiger partial charge in [-0.15, -0.1) is 0 Å². The summed E-state index contributed by atoms with van der Waals surface area (Å²) in [5.41, 5.74) is 3.48. The molecule has 5 aliphatic carbocycles. The van der Waals surface area contributed by atoms with Gasteiger partial charge < -0.3 is 10.2 Å². The highest BCUT2D eigenvalue weighted by molar-refractivity contribution is 7.92. The largest absolute Gasteiger partial charge is 0.352 e. The number of rotatable bonds is 12. The lowest BCUT2D eigenvalue weighted by Gasteiger charge is -2.57. The van der Waals surface area contributed by atoms with Crippen molar-refractivity contribution in [2.75, 3.05) is 17.1 Å². The molecule has 0 unspecified atom stereocenters. The van der Waals surface area contributed by atoms with E-state index in [1.165, 1.54) is 53.3 Å². The van der Waals surface area contributed by atoms with Crippen molar-refractivity contribution in [3.05, 3.63) is 99.5 Å². The summed E-state index contributed by atoms with van der Waals surface area (Å²) in [5, 5.41) is 3.92. The van der Waals surface area contributed by atoms with Gasteiger partial charge in [0, 0.05) is 19.0 Å². The molecule has 5 saturated carbocycles. The highest BCUT2D eigenvalue weighted by Crippen LogP contribution is 2.60. The predicted molar refractivity (Wildman–Crippen MR) is 200 cm³/mol. The summed E-state index contributed by atoms with van der Waals surface area (Å²) in [5.74, 6) is 1.65. The van der Waals surface area contributed by atoms with E-state index in [0.717, 1.165) is 55.3 Å². The molecule has 3 aromatic rings. The minimum Gasteiger partial charge on any atom is -0.352 e. The van der Waals surface area contributed by atoms with E-state index in [2.05, 4.69) is 17.4 Å². The van der Waals surface area contributed by atoms with Gasteiger partial charge in [0.25, 0.3) is 0 Å². The van der Waals surface area contributed by atoms with Gasteiger partial charge in [0.15, 0.2) is 0 Å². The number of carbonyl (C=O) groups excluding carboxylic acids is 2. The van der Waals surface area contributed by atoms with Crippen molar-refractivity contribution >= 4 is 50.7 Å². The van der Waals surface area contributed by atoms with E-state index in [4.69, 9.17) is 23.2 Å². The minimum absolute atomic E-state index is 0.0442. The van der Waals surface area contributed by atoms with Crippen LogP contribution in [-0.4, -0.2) is 50.0 Å². The maximum atomic E-state index is 14.6. The van der Waals surface area contributed by atoms with Gasteiger partial charge in [-0.1, -0.05) is 84.6 Å². The van der Waals surface area contributed by atoms with Crippen LogP contribution in [0.25, 0.3) is 0 Å². The first kappa shape index (κ1) is 35.3. The topological polar surface area (TPSA) is 86.8 Å². The fraction of sp³-hybridized carbons (Fsp3) is 0.500. The lowest BCUT2D eigenvalue weighted by Crippen LogP contribution is -2.54. The van der Waals surface area contributed by atoms with Crippen LogP contribution in [0.3, 0.4) is 0 Å². The fourth-order valence-electron chi connectivity index (χ4n) is 9.82. The Balaban J connectivity index is 1.19. The molecule has 10 heteroatoms. The summed E-state index contributed by atoms with van der Waals surface area (Å²) >= 11 is 12.6. The molecule has 266 valence electrons. The van der Waals surface area contributed by atoms with E-state index in [1.807, 2.05) is 42.5 Å². The van der Waals surface area contributed by atoms with Crippen molar-refractivity contribution < 1.29 is 18.0 Å². The molecule has 50 heavy (non-hydrogen) atoms. The van der Waals surface area contributed by atoms with Gasteiger partial charge in [-0.2, -0.15) is 0 Å². The van der Waals surface area contributed by atoms with E-state index in [0.29, 0.717) is 21.3 Å². The Hall–Kier alpha value is -3.07. The van der Waals surface area contributed by atoms with Gasteiger partial charge in [-0.3, -0.25) is 13.9 Å². The molecule has 5 fully saturated rings. The van der Waals surface area contributed by atoms with Crippen LogP contribution in [-0.2, 0) is 38.0 Å². The number of hydrogen-bond acceptors (Lipinski definition) is 4. The molecule has 4 bridgehead atoms. The van der Waals surface area contributed by atoms with Crippen molar-refractivity contribution in [1.82, 2.24) is 10.2 Å². The van der Waals surface area contributed by atoms with Crippen molar-refractivity contribution in [3.63, 3.8) is 0 Å². The van der Waals surface area contributed by atoms with Gasteiger partial charge in [0.1, 0.15) is 12.6 Å². The monoisotopic (exact) mass is 735 g/mol. The Bertz CT molecular complexity index is 1780. The molecule has 0 spiro atoms. The molecule has 1 N–H and O–H groups in total. The molecule has 7 nitrogen and oxygen atoms in total. The molecule has 0 saturated heterocycles. The van der Waals surface area contributed by atoms with Crippen LogP contribution in [0.15, 0.2) is 72.8 Å². The number of sulfonamides is 1. The standard InChI is InChI=1S/C40H47Cl2N3O4S/c1-50(48,49)45(34-14-12-32(13-15-34)40-22-29-17-30(23-40)19-31(18-29)24-40)26-38(46)44(25-28-11-16-35(41)36(42)20-28)37(21-27-7-3-2-4-8-27)39(47)43-33-9-5-6-10-33/h2-4,7-8,11-16,20,29-31,33,37H,5-6,9-10,17-19,21-26H2,1H3,(H,43,47)/t29?,30?,31?,37-,40?/m1/s1. The summed E-state index contributed by atoms with van der Waals surface area (Å²) in [6, 6.07) is 21.8. The normalized spacial score (nSPS) is 25.0. The third-order valence-electron chi connectivity index (χ3n) is 11.8. The predicted octanol–water partition coefficient (Wildman–Crippen LogP) is 7.93. The average molecular weight is 737 g/mol. The smallest absolute Gasteiger partial charge is 0.244 e. The summed E-state index contributed by atoms with van der Waals surface area (Å²) in [4.78, 5) is 30.2. The summed E-state index contributed by atoms with van der Waals surface area (Å²) in [6.07, 6.45) is 13.0. The zero-order chi connectivity index (χ0) is 35.0. The Morgan fingerprint density at radius 3 is 2.04 bits per heavy atom. The second-order valence-electron chi connectivity index (χ2n) is 15.5. The molecule has 0 radical (unpaired) electrons. The van der Waals surface area contributed by atoms with Gasteiger partial charge in [-0.05, 0) is 115 Å². The first-order valence-electron chi connectivity index (χ1n) is 18.1. The zero-order valence-corrected chi connectivity index (χ0v) is 31.0. The van der Waals surface area contributed by atoms with Crippen LogP contribution in [0.5, 0.6) is 0 Å². The number of hydrogen-bond donors (Lipinski definition) is 1. The first-order chi connectivity index (χ1) is 24.0. The van der Waals surface area contributed by atoms with E-state index in [-0.39, 0.29) is 30.3 Å². The molecule has 3 aromatic carbocycles. The lowest BCUT2D eigenvalue weighted by atomic mass is 9.48. The summed E-state index contributed by atoms with van der Waals surface area (Å²) < 4.78 is 28.0. The highest BCUT2D eigenvalue weighted by Gasteiger charge is 2.51. The molecule has 8 rings (SSSR count). The van der Waals surface area contributed by atoms with Crippen molar-refractivity contribution in [2.45, 2.75) is 94.7 Å². The van der Waals surface area contributed by atoms with E-state index in [9.17, 15) is 18.0 Å². The lowest BCUT2D eigenvalue weighted by molar-refractivity contribution is -0.140. The minimum atomic E-state index is -3.87. The third kappa shape index (κ3) is 7.73. The second kappa shape index (κ2) is 14.5. The Morgan fingerprint density at radius 1 is 0.840 bits per heavy atom.